The van der Waals surface area contributed by atoms with Crippen molar-refractivity contribution in [3.8, 4) is 0 Å². The maximum absolute atomic E-state index is 13.9. The molecule has 122 valence electrons. The van der Waals surface area contributed by atoms with Gasteiger partial charge in [-0.2, -0.15) is 0 Å². The SMILES string of the molecule is O=S(=O)(NC1CCCN(Cc2c(F)cccc2Cl)C1)C1CC1. The topological polar surface area (TPSA) is 49.4 Å². The fourth-order valence-electron chi connectivity index (χ4n) is 2.91. The molecule has 1 N–H and O–H groups in total. The summed E-state index contributed by atoms with van der Waals surface area (Å²) in [6, 6.07) is 4.57. The number of nitrogens with one attached hydrogen (secondary N) is 1. The van der Waals surface area contributed by atoms with Crippen LogP contribution >= 0.6 is 11.6 Å². The van der Waals surface area contributed by atoms with E-state index in [1.54, 1.807) is 12.1 Å². The molecule has 0 radical (unpaired) electrons. The fourth-order valence-corrected chi connectivity index (χ4v) is 4.74. The molecule has 1 saturated carbocycles. The standard InChI is InChI=1S/C15H20ClFN2O2S/c16-14-4-1-5-15(17)13(14)10-19-8-2-3-11(9-19)18-22(20,21)12-6-7-12/h1,4-5,11-12,18H,2-3,6-10H2. The van der Waals surface area contributed by atoms with Crippen LogP contribution in [0.3, 0.4) is 0 Å². The zero-order valence-corrected chi connectivity index (χ0v) is 13.8. The van der Waals surface area contributed by atoms with Gasteiger partial charge in [-0.05, 0) is 44.4 Å². The van der Waals surface area contributed by atoms with Crippen molar-refractivity contribution in [2.24, 2.45) is 0 Å². The lowest BCUT2D eigenvalue weighted by Gasteiger charge is -2.33. The molecule has 22 heavy (non-hydrogen) atoms. The summed E-state index contributed by atoms with van der Waals surface area (Å²) >= 11 is 6.06. The van der Waals surface area contributed by atoms with Gasteiger partial charge in [0.15, 0.2) is 0 Å². The second-order valence-electron chi connectivity index (χ2n) is 6.14. The monoisotopic (exact) mass is 346 g/mol. The van der Waals surface area contributed by atoms with Crippen LogP contribution in [0.1, 0.15) is 31.2 Å². The van der Waals surface area contributed by atoms with E-state index in [2.05, 4.69) is 9.62 Å². The summed E-state index contributed by atoms with van der Waals surface area (Å²) in [4.78, 5) is 2.06. The molecule has 0 bridgehead atoms. The zero-order valence-electron chi connectivity index (χ0n) is 12.3. The number of hydrogen-bond acceptors (Lipinski definition) is 3. The Kier molecular flexibility index (Phi) is 4.73. The quantitative estimate of drug-likeness (QED) is 0.891. The Hall–Kier alpha value is -0.690. The highest BCUT2D eigenvalue weighted by molar-refractivity contribution is 7.90. The van der Waals surface area contributed by atoms with Gasteiger partial charge in [-0.25, -0.2) is 17.5 Å². The highest BCUT2D eigenvalue weighted by Gasteiger charge is 2.37. The molecule has 1 saturated heterocycles. The first-order valence-electron chi connectivity index (χ1n) is 7.62. The number of rotatable bonds is 5. The van der Waals surface area contributed by atoms with Crippen molar-refractivity contribution in [1.29, 1.82) is 0 Å². The number of likely N-dealkylation sites (tertiary alicyclic amines) is 1. The van der Waals surface area contributed by atoms with Crippen LogP contribution < -0.4 is 4.72 Å². The Balaban J connectivity index is 1.63. The third-order valence-corrected chi connectivity index (χ3v) is 6.61. The fraction of sp³-hybridized carbons (Fsp3) is 0.600. The van der Waals surface area contributed by atoms with E-state index < -0.39 is 10.0 Å². The van der Waals surface area contributed by atoms with Gasteiger partial charge < -0.3 is 0 Å². The van der Waals surface area contributed by atoms with Crippen molar-refractivity contribution in [2.45, 2.75) is 43.5 Å². The van der Waals surface area contributed by atoms with Crippen LogP contribution in [0, 0.1) is 5.82 Å². The summed E-state index contributed by atoms with van der Waals surface area (Å²) in [5, 5.41) is 0.213. The summed E-state index contributed by atoms with van der Waals surface area (Å²) in [5.41, 5.74) is 0.481. The lowest BCUT2D eigenvalue weighted by molar-refractivity contribution is 0.192. The van der Waals surface area contributed by atoms with E-state index in [-0.39, 0.29) is 17.1 Å². The van der Waals surface area contributed by atoms with Crippen LogP contribution in [-0.2, 0) is 16.6 Å². The van der Waals surface area contributed by atoms with Crippen LogP contribution in [-0.4, -0.2) is 37.7 Å². The van der Waals surface area contributed by atoms with Gasteiger partial charge in [0.1, 0.15) is 5.82 Å². The van der Waals surface area contributed by atoms with Crippen LogP contribution in [0.4, 0.5) is 4.39 Å². The normalized spacial score (nSPS) is 23.6. The van der Waals surface area contributed by atoms with Gasteiger partial charge in [-0.15, -0.1) is 0 Å². The number of halogens is 2. The lowest BCUT2D eigenvalue weighted by Crippen LogP contribution is -2.48. The number of hydrogen-bond donors (Lipinski definition) is 1. The molecular formula is C15H20ClFN2O2S. The molecule has 0 aromatic heterocycles. The minimum absolute atomic E-state index is 0.0927. The molecule has 2 fully saturated rings. The van der Waals surface area contributed by atoms with Gasteiger partial charge in [0, 0.05) is 29.7 Å². The van der Waals surface area contributed by atoms with Crippen LogP contribution in [0.15, 0.2) is 18.2 Å². The number of piperidine rings is 1. The first kappa shape index (κ1) is 16.2. The third-order valence-electron chi connectivity index (χ3n) is 4.24. The van der Waals surface area contributed by atoms with Crippen LogP contribution in [0.25, 0.3) is 0 Å². The summed E-state index contributed by atoms with van der Waals surface area (Å²) in [7, 11) is -3.18. The maximum Gasteiger partial charge on any atom is 0.214 e. The predicted molar refractivity (Wildman–Crippen MR) is 84.8 cm³/mol. The largest absolute Gasteiger partial charge is 0.297 e. The molecule has 1 aromatic carbocycles. The van der Waals surface area contributed by atoms with E-state index in [1.165, 1.54) is 6.07 Å². The van der Waals surface area contributed by atoms with Crippen LogP contribution in [0.5, 0.6) is 0 Å². The molecule has 1 atom stereocenters. The second kappa shape index (κ2) is 6.43. The number of nitrogens with zero attached hydrogens (tertiary/aromatic N) is 1. The van der Waals surface area contributed by atoms with Gasteiger partial charge in [0.2, 0.25) is 10.0 Å². The van der Waals surface area contributed by atoms with E-state index in [9.17, 15) is 12.8 Å². The highest BCUT2D eigenvalue weighted by Crippen LogP contribution is 2.28. The van der Waals surface area contributed by atoms with Crippen molar-refractivity contribution in [3.63, 3.8) is 0 Å². The summed E-state index contributed by atoms with van der Waals surface area (Å²) in [6.45, 7) is 1.83. The Labute approximate surface area is 135 Å². The van der Waals surface area contributed by atoms with Gasteiger partial charge in [-0.3, -0.25) is 4.90 Å². The molecule has 1 aromatic rings. The maximum atomic E-state index is 13.9. The van der Waals surface area contributed by atoms with Crippen molar-refractivity contribution in [3.05, 3.63) is 34.6 Å². The summed E-state index contributed by atoms with van der Waals surface area (Å²) in [5.74, 6) is -0.312. The number of sulfonamides is 1. The molecule has 3 rings (SSSR count). The van der Waals surface area contributed by atoms with Gasteiger partial charge in [-0.1, -0.05) is 17.7 Å². The van der Waals surface area contributed by atoms with Crippen molar-refractivity contribution < 1.29 is 12.8 Å². The Morgan fingerprint density at radius 1 is 1.32 bits per heavy atom. The first-order valence-corrected chi connectivity index (χ1v) is 9.54. The van der Waals surface area contributed by atoms with Gasteiger partial charge in [0.05, 0.1) is 5.25 Å². The molecule has 0 spiro atoms. The smallest absolute Gasteiger partial charge is 0.214 e. The third kappa shape index (κ3) is 3.79. The van der Waals surface area contributed by atoms with Gasteiger partial charge in [0.25, 0.3) is 0 Å². The van der Waals surface area contributed by atoms with E-state index in [4.69, 9.17) is 11.6 Å². The average Bonchev–Trinajstić information content (AvgIpc) is 3.28. The Bertz CT molecular complexity index is 629. The molecule has 7 heteroatoms. The molecule has 1 heterocycles. The molecular weight excluding hydrogens is 327 g/mol. The van der Waals surface area contributed by atoms with E-state index in [0.29, 0.717) is 23.7 Å². The molecule has 1 aliphatic carbocycles. The molecule has 1 aliphatic heterocycles. The van der Waals surface area contributed by atoms with E-state index >= 15 is 0 Å². The zero-order chi connectivity index (χ0) is 15.7. The lowest BCUT2D eigenvalue weighted by atomic mass is 10.1. The number of benzene rings is 1. The first-order chi connectivity index (χ1) is 10.5. The van der Waals surface area contributed by atoms with Gasteiger partial charge >= 0.3 is 0 Å². The van der Waals surface area contributed by atoms with Crippen LogP contribution in [0.2, 0.25) is 5.02 Å². The minimum atomic E-state index is -3.18. The molecule has 0 amide bonds. The van der Waals surface area contributed by atoms with Crippen molar-refractivity contribution in [2.75, 3.05) is 13.1 Å². The average molecular weight is 347 g/mol. The Morgan fingerprint density at radius 2 is 2.09 bits per heavy atom. The predicted octanol–water partition coefficient (Wildman–Crippen LogP) is 2.53. The minimum Gasteiger partial charge on any atom is -0.297 e. The Morgan fingerprint density at radius 3 is 2.77 bits per heavy atom. The van der Waals surface area contributed by atoms with Crippen molar-refractivity contribution >= 4 is 21.6 Å². The van der Waals surface area contributed by atoms with Crippen molar-refractivity contribution in [1.82, 2.24) is 9.62 Å². The molecule has 4 nitrogen and oxygen atoms in total. The highest BCUT2D eigenvalue weighted by atomic mass is 35.5. The van der Waals surface area contributed by atoms with E-state index in [1.807, 2.05) is 0 Å². The molecule has 2 aliphatic rings. The summed E-state index contributed by atoms with van der Waals surface area (Å²) in [6.07, 6.45) is 3.24. The molecule has 1 unspecified atom stereocenters. The summed E-state index contributed by atoms with van der Waals surface area (Å²) < 4.78 is 40.7. The second-order valence-corrected chi connectivity index (χ2v) is 8.54. The van der Waals surface area contributed by atoms with E-state index in [0.717, 1.165) is 32.2 Å².